The van der Waals surface area contributed by atoms with Gasteiger partial charge in [0.2, 0.25) is 0 Å². The summed E-state index contributed by atoms with van der Waals surface area (Å²) in [5.41, 5.74) is 2.89. The van der Waals surface area contributed by atoms with Crippen LogP contribution in [0.25, 0.3) is 5.82 Å². The minimum absolute atomic E-state index is 0.109. The number of hydrogen-bond acceptors (Lipinski definition) is 6. The van der Waals surface area contributed by atoms with Crippen LogP contribution in [-0.4, -0.2) is 49.9 Å². The summed E-state index contributed by atoms with van der Waals surface area (Å²) in [6.07, 6.45) is 6.29. The number of aryl methyl sites for hydroxylation is 1. The Hall–Kier alpha value is -3.36. The number of anilines is 2. The predicted octanol–water partition coefficient (Wildman–Crippen LogP) is 2.07. The molecule has 0 aliphatic carbocycles. The van der Waals surface area contributed by atoms with Gasteiger partial charge in [-0.1, -0.05) is 0 Å². The van der Waals surface area contributed by atoms with Crippen molar-refractivity contribution < 1.29 is 9.18 Å². The molecule has 3 aromatic heterocycles. The molecule has 0 N–H and O–H groups in total. The summed E-state index contributed by atoms with van der Waals surface area (Å²) < 4.78 is 14.9. The Labute approximate surface area is 160 Å². The van der Waals surface area contributed by atoms with E-state index in [-0.39, 0.29) is 5.91 Å². The maximum Gasteiger partial charge on any atom is 0.262 e. The molecule has 3 aromatic rings. The number of aromatic nitrogens is 5. The second-order valence-corrected chi connectivity index (χ2v) is 7.05. The Morgan fingerprint density at radius 2 is 1.93 bits per heavy atom. The number of pyridine rings is 1. The van der Waals surface area contributed by atoms with E-state index < -0.39 is 6.17 Å². The lowest BCUT2D eigenvalue weighted by Crippen LogP contribution is -2.24. The summed E-state index contributed by atoms with van der Waals surface area (Å²) in [6, 6.07) is 3.76. The number of fused-ring (bicyclic) bond motifs is 1. The zero-order valence-corrected chi connectivity index (χ0v) is 15.3. The minimum Gasteiger partial charge on any atom is -0.352 e. The van der Waals surface area contributed by atoms with Crippen molar-refractivity contribution in [2.45, 2.75) is 26.1 Å². The van der Waals surface area contributed by atoms with Crippen molar-refractivity contribution in [3.05, 3.63) is 53.9 Å². The van der Waals surface area contributed by atoms with Crippen molar-refractivity contribution in [3.8, 4) is 5.82 Å². The van der Waals surface area contributed by atoms with E-state index in [9.17, 15) is 9.18 Å². The maximum atomic E-state index is 13.4. The van der Waals surface area contributed by atoms with Crippen LogP contribution in [0.4, 0.5) is 15.9 Å². The molecular weight excluding hydrogens is 361 g/mol. The molecule has 1 fully saturated rings. The molecule has 2 aliphatic rings. The molecule has 2 aliphatic heterocycles. The average Bonchev–Trinajstić information content (AvgIpc) is 3.39. The van der Waals surface area contributed by atoms with Crippen molar-refractivity contribution >= 4 is 17.4 Å². The van der Waals surface area contributed by atoms with Gasteiger partial charge in [-0.25, -0.2) is 19.0 Å². The van der Waals surface area contributed by atoms with Gasteiger partial charge in [-0.2, -0.15) is 5.10 Å². The summed E-state index contributed by atoms with van der Waals surface area (Å²) >= 11 is 0. The summed E-state index contributed by atoms with van der Waals surface area (Å²) in [5.74, 6) is 1.06. The molecule has 0 spiro atoms. The summed E-state index contributed by atoms with van der Waals surface area (Å²) in [5, 5.41) is 4.50. The number of amides is 1. The molecular formula is C19H18FN7O. The van der Waals surface area contributed by atoms with Crippen molar-refractivity contribution in [2.24, 2.45) is 0 Å². The Morgan fingerprint density at radius 3 is 2.57 bits per heavy atom. The Morgan fingerprint density at radius 1 is 1.11 bits per heavy atom. The van der Waals surface area contributed by atoms with E-state index in [0.717, 1.165) is 11.4 Å². The van der Waals surface area contributed by atoms with Crippen LogP contribution in [-0.2, 0) is 6.54 Å². The van der Waals surface area contributed by atoms with E-state index in [1.807, 2.05) is 24.0 Å². The molecule has 0 unspecified atom stereocenters. The van der Waals surface area contributed by atoms with Crippen LogP contribution in [0.2, 0.25) is 0 Å². The topological polar surface area (TPSA) is 80.0 Å². The van der Waals surface area contributed by atoms with E-state index in [1.54, 1.807) is 34.4 Å². The van der Waals surface area contributed by atoms with Crippen molar-refractivity contribution in [3.63, 3.8) is 0 Å². The molecule has 5 rings (SSSR count). The second-order valence-electron chi connectivity index (χ2n) is 7.05. The lowest BCUT2D eigenvalue weighted by atomic mass is 10.3. The van der Waals surface area contributed by atoms with Gasteiger partial charge >= 0.3 is 0 Å². The SMILES string of the molecule is Cc1ccc(N2Cc3nn(-c4cnc(N5CC[C@H](F)C5)cn4)cc3C2=O)cn1. The summed E-state index contributed by atoms with van der Waals surface area (Å²) in [6.45, 7) is 3.29. The normalized spacial score (nSPS) is 18.8. The standard InChI is InChI=1S/C19H18FN7O/c1-12-2-3-14(6-21-12)26-11-16-15(19(26)28)10-27(24-16)18-8-22-17(7-23-18)25-5-4-13(20)9-25/h2-3,6-8,10,13H,4-5,9,11H2,1H3/t13-/m0/s1. The highest BCUT2D eigenvalue weighted by Crippen LogP contribution is 2.28. The fraction of sp³-hybridized carbons (Fsp3) is 0.316. The smallest absolute Gasteiger partial charge is 0.262 e. The van der Waals surface area contributed by atoms with Gasteiger partial charge in [0.25, 0.3) is 5.91 Å². The Balaban J connectivity index is 1.36. The third-order valence-corrected chi connectivity index (χ3v) is 5.10. The van der Waals surface area contributed by atoms with Crippen LogP contribution in [0, 0.1) is 6.92 Å². The van der Waals surface area contributed by atoms with Gasteiger partial charge in [0.05, 0.1) is 48.6 Å². The zero-order valence-electron chi connectivity index (χ0n) is 15.3. The highest BCUT2D eigenvalue weighted by atomic mass is 19.1. The monoisotopic (exact) mass is 379 g/mol. The van der Waals surface area contributed by atoms with E-state index >= 15 is 0 Å². The number of carbonyl (C=O) groups excluding carboxylic acids is 1. The minimum atomic E-state index is -0.812. The molecule has 142 valence electrons. The first-order valence-electron chi connectivity index (χ1n) is 9.13. The number of rotatable bonds is 3. The second kappa shape index (κ2) is 6.36. The Kier molecular flexibility index (Phi) is 3.81. The van der Waals surface area contributed by atoms with Gasteiger partial charge in [0.15, 0.2) is 5.82 Å². The van der Waals surface area contributed by atoms with Gasteiger partial charge in [-0.15, -0.1) is 0 Å². The van der Waals surface area contributed by atoms with Crippen molar-refractivity contribution in [1.29, 1.82) is 0 Å². The van der Waals surface area contributed by atoms with Gasteiger partial charge in [-0.05, 0) is 25.5 Å². The average molecular weight is 379 g/mol. The fourth-order valence-corrected chi connectivity index (χ4v) is 3.54. The van der Waals surface area contributed by atoms with E-state index in [4.69, 9.17) is 0 Å². The number of carbonyl (C=O) groups is 1. The highest BCUT2D eigenvalue weighted by molar-refractivity contribution is 6.09. The third kappa shape index (κ3) is 2.79. The van der Waals surface area contributed by atoms with E-state index in [1.165, 1.54) is 0 Å². The number of nitrogens with zero attached hydrogens (tertiary/aromatic N) is 7. The van der Waals surface area contributed by atoms with Crippen LogP contribution >= 0.6 is 0 Å². The maximum absolute atomic E-state index is 13.4. The molecule has 1 amide bonds. The number of halogens is 1. The van der Waals surface area contributed by atoms with Crippen LogP contribution in [0.15, 0.2) is 36.9 Å². The number of hydrogen-bond donors (Lipinski definition) is 0. The van der Waals surface area contributed by atoms with Crippen LogP contribution < -0.4 is 9.80 Å². The molecule has 0 radical (unpaired) electrons. The fourth-order valence-electron chi connectivity index (χ4n) is 3.54. The van der Waals surface area contributed by atoms with Crippen molar-refractivity contribution in [1.82, 2.24) is 24.7 Å². The van der Waals surface area contributed by atoms with Gasteiger partial charge < -0.3 is 9.80 Å². The number of alkyl halides is 1. The first-order valence-corrected chi connectivity index (χ1v) is 9.13. The molecule has 5 heterocycles. The third-order valence-electron chi connectivity index (χ3n) is 5.10. The van der Waals surface area contributed by atoms with E-state index in [2.05, 4.69) is 20.1 Å². The lowest BCUT2D eigenvalue weighted by molar-refractivity contribution is 0.0996. The molecule has 1 saturated heterocycles. The first kappa shape index (κ1) is 16.8. The van der Waals surface area contributed by atoms with E-state index in [0.29, 0.717) is 48.9 Å². The Bertz CT molecular complexity index is 1030. The first-order chi connectivity index (χ1) is 13.6. The van der Waals surface area contributed by atoms with Gasteiger partial charge in [0, 0.05) is 18.4 Å². The molecule has 0 saturated carbocycles. The van der Waals surface area contributed by atoms with Gasteiger partial charge in [-0.3, -0.25) is 9.78 Å². The molecule has 0 aromatic carbocycles. The summed E-state index contributed by atoms with van der Waals surface area (Å²) in [4.78, 5) is 29.3. The highest BCUT2D eigenvalue weighted by Gasteiger charge is 2.32. The van der Waals surface area contributed by atoms with Gasteiger partial charge in [0.1, 0.15) is 12.0 Å². The molecule has 0 bridgehead atoms. The van der Waals surface area contributed by atoms with Crippen LogP contribution in [0.1, 0.15) is 28.2 Å². The predicted molar refractivity (Wildman–Crippen MR) is 100 cm³/mol. The van der Waals surface area contributed by atoms with Crippen LogP contribution in [0.5, 0.6) is 0 Å². The zero-order chi connectivity index (χ0) is 19.3. The van der Waals surface area contributed by atoms with Crippen molar-refractivity contribution in [2.75, 3.05) is 22.9 Å². The molecule has 9 heteroatoms. The summed E-state index contributed by atoms with van der Waals surface area (Å²) in [7, 11) is 0. The molecule has 8 nitrogen and oxygen atoms in total. The molecule has 28 heavy (non-hydrogen) atoms. The largest absolute Gasteiger partial charge is 0.352 e. The lowest BCUT2D eigenvalue weighted by Gasteiger charge is -2.16. The van der Waals surface area contributed by atoms with Crippen LogP contribution in [0.3, 0.4) is 0 Å². The quantitative estimate of drug-likeness (QED) is 0.693. The molecule has 1 atom stereocenters.